The van der Waals surface area contributed by atoms with Gasteiger partial charge in [-0.1, -0.05) is 12.8 Å². The first-order valence-electron chi connectivity index (χ1n) is 5.82. The van der Waals surface area contributed by atoms with Gasteiger partial charge in [-0.3, -0.25) is 0 Å². The summed E-state index contributed by atoms with van der Waals surface area (Å²) in [6.07, 6.45) is 6.31. The van der Waals surface area contributed by atoms with E-state index in [1.807, 2.05) is 4.90 Å². The summed E-state index contributed by atoms with van der Waals surface area (Å²) in [6, 6.07) is 0. The van der Waals surface area contributed by atoms with Crippen LogP contribution < -0.4 is 0 Å². The average molecular weight is 234 g/mol. The maximum Gasteiger partial charge on any atom is 0.409 e. The molecule has 1 saturated heterocycles. The van der Waals surface area contributed by atoms with Gasteiger partial charge in [0.25, 0.3) is 0 Å². The first-order chi connectivity index (χ1) is 7.34. The van der Waals surface area contributed by atoms with E-state index in [0.717, 1.165) is 38.8 Å². The van der Waals surface area contributed by atoms with Crippen LogP contribution in [-0.4, -0.2) is 36.6 Å². The minimum atomic E-state index is -0.147. The molecule has 0 aromatic carbocycles. The van der Waals surface area contributed by atoms with E-state index >= 15 is 0 Å². The minimum Gasteiger partial charge on any atom is -0.449 e. The van der Waals surface area contributed by atoms with Gasteiger partial charge in [-0.15, -0.1) is 11.6 Å². The molecule has 0 aliphatic carbocycles. The molecule has 88 valence electrons. The van der Waals surface area contributed by atoms with Crippen molar-refractivity contribution in [1.82, 2.24) is 4.90 Å². The van der Waals surface area contributed by atoms with E-state index in [1.165, 1.54) is 12.8 Å². The Hall–Kier alpha value is -0.440. The Balaban J connectivity index is 2.14. The van der Waals surface area contributed by atoms with Crippen molar-refractivity contribution in [1.29, 1.82) is 0 Å². The molecule has 1 heterocycles. The summed E-state index contributed by atoms with van der Waals surface area (Å²) in [4.78, 5) is 13.4. The lowest BCUT2D eigenvalue weighted by Gasteiger charge is -2.19. The molecular weight excluding hydrogens is 214 g/mol. The van der Waals surface area contributed by atoms with Gasteiger partial charge in [0.2, 0.25) is 0 Å². The minimum absolute atomic E-state index is 0.147. The lowest BCUT2D eigenvalue weighted by Crippen LogP contribution is -2.32. The number of amides is 1. The average Bonchev–Trinajstić information content (AvgIpc) is 2.52. The topological polar surface area (TPSA) is 29.5 Å². The first-order valence-corrected chi connectivity index (χ1v) is 6.35. The Kier molecular flexibility index (Phi) is 6.57. The van der Waals surface area contributed by atoms with Crippen molar-refractivity contribution in [3.8, 4) is 0 Å². The predicted octanol–water partition coefficient (Wildman–Crippen LogP) is 3.02. The Morgan fingerprint density at radius 1 is 1.13 bits per heavy atom. The molecule has 0 radical (unpaired) electrons. The van der Waals surface area contributed by atoms with Gasteiger partial charge >= 0.3 is 6.09 Å². The normalized spacial score (nSPS) is 17.3. The maximum atomic E-state index is 11.6. The van der Waals surface area contributed by atoms with E-state index < -0.39 is 0 Å². The van der Waals surface area contributed by atoms with Gasteiger partial charge in [-0.25, -0.2) is 4.79 Å². The first kappa shape index (κ1) is 12.6. The highest BCUT2D eigenvalue weighted by Gasteiger charge is 2.15. The van der Waals surface area contributed by atoms with E-state index in [0.29, 0.717) is 12.5 Å². The van der Waals surface area contributed by atoms with Crippen LogP contribution in [0.3, 0.4) is 0 Å². The quantitative estimate of drug-likeness (QED) is 0.552. The number of hydrogen-bond donors (Lipinski definition) is 0. The number of hydrogen-bond acceptors (Lipinski definition) is 2. The molecule has 1 aliphatic rings. The second-order valence-electron chi connectivity index (χ2n) is 3.91. The Morgan fingerprint density at radius 3 is 2.40 bits per heavy atom. The molecule has 0 aromatic heterocycles. The van der Waals surface area contributed by atoms with Crippen molar-refractivity contribution in [3.63, 3.8) is 0 Å². The number of carbonyl (C=O) groups excluding carboxylic acids is 1. The number of carbonyl (C=O) groups is 1. The summed E-state index contributed by atoms with van der Waals surface area (Å²) in [5.74, 6) is 0.640. The van der Waals surface area contributed by atoms with E-state index in [-0.39, 0.29) is 6.09 Å². The number of rotatable bonds is 4. The fraction of sp³-hybridized carbons (Fsp3) is 0.909. The monoisotopic (exact) mass is 233 g/mol. The Morgan fingerprint density at radius 2 is 1.80 bits per heavy atom. The van der Waals surface area contributed by atoms with Crippen LogP contribution in [0.4, 0.5) is 4.79 Å². The van der Waals surface area contributed by atoms with Crippen molar-refractivity contribution in [2.24, 2.45) is 0 Å². The zero-order valence-corrected chi connectivity index (χ0v) is 9.97. The number of unbranched alkanes of at least 4 members (excludes halogenated alkanes) is 1. The third-order valence-electron chi connectivity index (χ3n) is 2.62. The molecule has 4 heteroatoms. The lowest BCUT2D eigenvalue weighted by atomic mass is 10.2. The summed E-state index contributed by atoms with van der Waals surface area (Å²) >= 11 is 5.54. The van der Waals surface area contributed by atoms with Gasteiger partial charge in [-0.2, -0.15) is 0 Å². The van der Waals surface area contributed by atoms with Gasteiger partial charge in [0, 0.05) is 19.0 Å². The van der Waals surface area contributed by atoms with Gasteiger partial charge < -0.3 is 9.64 Å². The van der Waals surface area contributed by atoms with Crippen LogP contribution >= 0.6 is 11.6 Å². The highest BCUT2D eigenvalue weighted by Crippen LogP contribution is 2.10. The van der Waals surface area contributed by atoms with Crippen molar-refractivity contribution < 1.29 is 9.53 Å². The number of likely N-dealkylation sites (tertiary alicyclic amines) is 1. The SMILES string of the molecule is O=C(OCCCCCl)N1CCCCCC1. The molecule has 0 spiro atoms. The molecule has 1 amide bonds. The van der Waals surface area contributed by atoms with E-state index in [1.54, 1.807) is 0 Å². The zero-order valence-electron chi connectivity index (χ0n) is 9.21. The summed E-state index contributed by atoms with van der Waals surface area (Å²) in [6.45, 7) is 2.21. The van der Waals surface area contributed by atoms with Crippen molar-refractivity contribution in [2.45, 2.75) is 38.5 Å². The van der Waals surface area contributed by atoms with Crippen molar-refractivity contribution >= 4 is 17.7 Å². The van der Waals surface area contributed by atoms with Crippen LogP contribution in [0, 0.1) is 0 Å². The predicted molar refractivity (Wildman–Crippen MR) is 61.3 cm³/mol. The van der Waals surface area contributed by atoms with Gasteiger partial charge in [-0.05, 0) is 25.7 Å². The fourth-order valence-corrected chi connectivity index (χ4v) is 1.89. The molecule has 0 aromatic rings. The van der Waals surface area contributed by atoms with Gasteiger partial charge in [0.15, 0.2) is 0 Å². The molecule has 0 atom stereocenters. The molecule has 15 heavy (non-hydrogen) atoms. The molecule has 0 unspecified atom stereocenters. The molecule has 3 nitrogen and oxygen atoms in total. The third kappa shape index (κ3) is 5.26. The van der Waals surface area contributed by atoms with Gasteiger partial charge in [0.05, 0.1) is 6.61 Å². The van der Waals surface area contributed by atoms with Crippen molar-refractivity contribution in [3.05, 3.63) is 0 Å². The van der Waals surface area contributed by atoms with Crippen LogP contribution in [0.5, 0.6) is 0 Å². The second kappa shape index (κ2) is 7.80. The molecule has 1 fully saturated rings. The Labute approximate surface area is 96.7 Å². The number of halogens is 1. The molecule has 0 bridgehead atoms. The highest BCUT2D eigenvalue weighted by molar-refractivity contribution is 6.17. The van der Waals surface area contributed by atoms with E-state index in [9.17, 15) is 4.79 Å². The zero-order chi connectivity index (χ0) is 10.9. The van der Waals surface area contributed by atoms with E-state index in [2.05, 4.69) is 0 Å². The van der Waals surface area contributed by atoms with Crippen LogP contribution in [0.25, 0.3) is 0 Å². The smallest absolute Gasteiger partial charge is 0.409 e. The molecular formula is C11H20ClNO2. The van der Waals surface area contributed by atoms with Crippen LogP contribution in [0.15, 0.2) is 0 Å². The van der Waals surface area contributed by atoms with Crippen LogP contribution in [0.1, 0.15) is 38.5 Å². The standard InChI is InChI=1S/C11H20ClNO2/c12-7-3-6-10-15-11(14)13-8-4-1-2-5-9-13/h1-10H2. The molecule has 0 saturated carbocycles. The number of alkyl halides is 1. The van der Waals surface area contributed by atoms with Crippen molar-refractivity contribution in [2.75, 3.05) is 25.6 Å². The maximum absolute atomic E-state index is 11.6. The van der Waals surface area contributed by atoms with Crippen LogP contribution in [-0.2, 0) is 4.74 Å². The number of nitrogens with zero attached hydrogens (tertiary/aromatic N) is 1. The van der Waals surface area contributed by atoms with Crippen LogP contribution in [0.2, 0.25) is 0 Å². The van der Waals surface area contributed by atoms with E-state index in [4.69, 9.17) is 16.3 Å². The Bertz CT molecular complexity index is 179. The molecule has 0 N–H and O–H groups in total. The molecule has 1 rings (SSSR count). The highest BCUT2D eigenvalue weighted by atomic mass is 35.5. The fourth-order valence-electron chi connectivity index (χ4n) is 1.70. The molecule has 1 aliphatic heterocycles. The second-order valence-corrected chi connectivity index (χ2v) is 4.29. The number of ether oxygens (including phenoxy) is 1. The third-order valence-corrected chi connectivity index (χ3v) is 2.89. The summed E-state index contributed by atoms with van der Waals surface area (Å²) < 4.78 is 5.17. The largest absolute Gasteiger partial charge is 0.449 e. The lowest BCUT2D eigenvalue weighted by molar-refractivity contribution is 0.102. The summed E-state index contributed by atoms with van der Waals surface area (Å²) in [5, 5.41) is 0. The summed E-state index contributed by atoms with van der Waals surface area (Å²) in [7, 11) is 0. The summed E-state index contributed by atoms with van der Waals surface area (Å²) in [5.41, 5.74) is 0. The van der Waals surface area contributed by atoms with Gasteiger partial charge in [0.1, 0.15) is 0 Å².